The number of rotatable bonds is 5. The molecule has 0 bridgehead atoms. The summed E-state index contributed by atoms with van der Waals surface area (Å²) in [5.41, 5.74) is -0.364. The summed E-state index contributed by atoms with van der Waals surface area (Å²) in [6, 6.07) is 0. The molecule has 1 aromatic rings. The molecule has 3 saturated heterocycles. The second-order valence-electron chi connectivity index (χ2n) is 7.88. The van der Waals surface area contributed by atoms with E-state index in [9.17, 15) is 9.18 Å². The maximum Gasteiger partial charge on any atom is 0.230 e. The fraction of sp³-hybridized carbons (Fsp3) is 0.737. The van der Waals surface area contributed by atoms with Gasteiger partial charge in [-0.2, -0.15) is 4.98 Å². The van der Waals surface area contributed by atoms with E-state index in [-0.39, 0.29) is 17.1 Å². The molecule has 0 aromatic carbocycles. The molecular weight excluding hydrogens is 349 g/mol. The van der Waals surface area contributed by atoms with Gasteiger partial charge in [0.05, 0.1) is 18.2 Å². The first kappa shape index (κ1) is 18.4. The number of hydrogen-bond acceptors (Lipinski definition) is 6. The minimum Gasteiger partial charge on any atom is -0.383 e. The summed E-state index contributed by atoms with van der Waals surface area (Å²) in [4.78, 5) is 27.8. The first-order chi connectivity index (χ1) is 13.1. The predicted molar refractivity (Wildman–Crippen MR) is 100 cm³/mol. The summed E-state index contributed by atoms with van der Waals surface area (Å²) in [6.07, 6.45) is 6.11. The monoisotopic (exact) mass is 377 g/mol. The van der Waals surface area contributed by atoms with Gasteiger partial charge in [0.15, 0.2) is 11.6 Å². The molecule has 27 heavy (non-hydrogen) atoms. The van der Waals surface area contributed by atoms with Crippen molar-refractivity contribution < 1.29 is 13.9 Å². The van der Waals surface area contributed by atoms with Crippen LogP contribution in [0.5, 0.6) is 0 Å². The minimum absolute atomic E-state index is 0.218. The molecule has 0 N–H and O–H groups in total. The Morgan fingerprint density at radius 3 is 2.74 bits per heavy atom. The lowest BCUT2D eigenvalue weighted by atomic mass is 9.78. The van der Waals surface area contributed by atoms with Crippen LogP contribution in [0.2, 0.25) is 0 Å². The summed E-state index contributed by atoms with van der Waals surface area (Å²) < 4.78 is 19.4. The van der Waals surface area contributed by atoms with Crippen molar-refractivity contribution in [3.8, 4) is 0 Å². The van der Waals surface area contributed by atoms with Gasteiger partial charge in [0.25, 0.3) is 0 Å². The highest BCUT2D eigenvalue weighted by Crippen LogP contribution is 2.41. The van der Waals surface area contributed by atoms with E-state index in [0.717, 1.165) is 58.3 Å². The van der Waals surface area contributed by atoms with Crippen molar-refractivity contribution in [1.29, 1.82) is 0 Å². The molecule has 0 radical (unpaired) electrons. The summed E-state index contributed by atoms with van der Waals surface area (Å²) in [6.45, 7) is 5.02. The van der Waals surface area contributed by atoms with Crippen molar-refractivity contribution in [2.45, 2.75) is 32.1 Å². The van der Waals surface area contributed by atoms with Crippen LogP contribution in [0, 0.1) is 11.2 Å². The number of halogens is 1. The van der Waals surface area contributed by atoms with E-state index in [2.05, 4.69) is 14.9 Å². The number of likely N-dealkylation sites (tertiary alicyclic amines) is 1. The molecular formula is C19H28FN5O2. The van der Waals surface area contributed by atoms with E-state index in [0.29, 0.717) is 31.5 Å². The van der Waals surface area contributed by atoms with Gasteiger partial charge in [0, 0.05) is 46.4 Å². The Balaban J connectivity index is 1.50. The van der Waals surface area contributed by atoms with E-state index in [4.69, 9.17) is 4.74 Å². The van der Waals surface area contributed by atoms with E-state index in [1.165, 1.54) is 6.20 Å². The largest absolute Gasteiger partial charge is 0.383 e. The van der Waals surface area contributed by atoms with Crippen LogP contribution in [0.15, 0.2) is 6.20 Å². The molecule has 0 saturated carbocycles. The number of ether oxygens (including phenoxy) is 1. The van der Waals surface area contributed by atoms with Gasteiger partial charge in [-0.1, -0.05) is 0 Å². The quantitative estimate of drug-likeness (QED) is 0.778. The van der Waals surface area contributed by atoms with Crippen LogP contribution < -0.4 is 9.80 Å². The molecule has 3 fully saturated rings. The van der Waals surface area contributed by atoms with Crippen LogP contribution in [0.4, 0.5) is 16.2 Å². The van der Waals surface area contributed by atoms with E-state index >= 15 is 0 Å². The SMILES string of the molecule is COCCN1CCCC2(CCN(c3ncc(F)c(N4CCCC4)n3)C2)C1=O. The zero-order valence-corrected chi connectivity index (χ0v) is 16.0. The first-order valence-corrected chi connectivity index (χ1v) is 9.94. The van der Waals surface area contributed by atoms with Crippen molar-refractivity contribution >= 4 is 17.7 Å². The van der Waals surface area contributed by atoms with E-state index < -0.39 is 0 Å². The van der Waals surface area contributed by atoms with Gasteiger partial charge in [-0.25, -0.2) is 9.37 Å². The number of piperidine rings is 1. The van der Waals surface area contributed by atoms with Crippen LogP contribution in [-0.2, 0) is 9.53 Å². The lowest BCUT2D eigenvalue weighted by molar-refractivity contribution is -0.145. The normalized spacial score (nSPS) is 25.9. The topological polar surface area (TPSA) is 61.8 Å². The van der Waals surface area contributed by atoms with E-state index in [1.807, 2.05) is 9.80 Å². The zero-order chi connectivity index (χ0) is 18.9. The van der Waals surface area contributed by atoms with Gasteiger partial charge in [-0.15, -0.1) is 0 Å². The summed E-state index contributed by atoms with van der Waals surface area (Å²) >= 11 is 0. The minimum atomic E-state index is -0.367. The maximum absolute atomic E-state index is 14.2. The molecule has 1 amide bonds. The third-order valence-electron chi connectivity index (χ3n) is 6.14. The van der Waals surface area contributed by atoms with Crippen molar-refractivity contribution in [3.63, 3.8) is 0 Å². The van der Waals surface area contributed by atoms with Crippen LogP contribution >= 0.6 is 0 Å². The maximum atomic E-state index is 14.2. The van der Waals surface area contributed by atoms with Gasteiger partial charge >= 0.3 is 0 Å². The molecule has 4 rings (SSSR count). The van der Waals surface area contributed by atoms with Crippen molar-refractivity contribution in [2.75, 3.05) is 62.8 Å². The van der Waals surface area contributed by atoms with Crippen molar-refractivity contribution in [1.82, 2.24) is 14.9 Å². The Labute approximate surface area is 159 Å². The van der Waals surface area contributed by atoms with Crippen LogP contribution in [0.25, 0.3) is 0 Å². The molecule has 1 unspecified atom stereocenters. The fourth-order valence-electron chi connectivity index (χ4n) is 4.64. The number of amides is 1. The number of nitrogens with zero attached hydrogens (tertiary/aromatic N) is 5. The Hall–Kier alpha value is -1.96. The Morgan fingerprint density at radius 2 is 1.96 bits per heavy atom. The molecule has 7 nitrogen and oxygen atoms in total. The molecule has 3 aliphatic rings. The highest BCUT2D eigenvalue weighted by molar-refractivity contribution is 5.85. The standard InChI is InChI=1S/C19H28FN5O2/c1-27-12-11-24-9-4-5-19(17(24)26)6-10-25(14-19)18-21-13-15(20)16(22-18)23-7-2-3-8-23/h13H,2-12,14H2,1H3. The number of aromatic nitrogens is 2. The highest BCUT2D eigenvalue weighted by Gasteiger charge is 2.48. The highest BCUT2D eigenvalue weighted by atomic mass is 19.1. The molecule has 1 aromatic heterocycles. The van der Waals surface area contributed by atoms with E-state index in [1.54, 1.807) is 7.11 Å². The smallest absolute Gasteiger partial charge is 0.230 e. The van der Waals surface area contributed by atoms with Gasteiger partial charge in [0.2, 0.25) is 11.9 Å². The first-order valence-electron chi connectivity index (χ1n) is 9.94. The number of methoxy groups -OCH3 is 1. The lowest BCUT2D eigenvalue weighted by Gasteiger charge is -2.39. The molecule has 0 aliphatic carbocycles. The van der Waals surface area contributed by atoms with Gasteiger partial charge in [-0.3, -0.25) is 4.79 Å². The second-order valence-corrected chi connectivity index (χ2v) is 7.88. The zero-order valence-electron chi connectivity index (χ0n) is 16.0. The number of hydrogen-bond donors (Lipinski definition) is 0. The Kier molecular flexibility index (Phi) is 5.16. The van der Waals surface area contributed by atoms with Crippen molar-refractivity contribution in [3.05, 3.63) is 12.0 Å². The lowest BCUT2D eigenvalue weighted by Crippen LogP contribution is -2.51. The Morgan fingerprint density at radius 1 is 1.15 bits per heavy atom. The fourth-order valence-corrected chi connectivity index (χ4v) is 4.64. The summed E-state index contributed by atoms with van der Waals surface area (Å²) in [7, 11) is 1.66. The van der Waals surface area contributed by atoms with Crippen LogP contribution in [-0.4, -0.2) is 73.8 Å². The van der Waals surface area contributed by atoms with Crippen LogP contribution in [0.3, 0.4) is 0 Å². The second kappa shape index (κ2) is 7.58. The van der Waals surface area contributed by atoms with Crippen LogP contribution in [0.1, 0.15) is 32.1 Å². The molecule has 1 spiro atoms. The predicted octanol–water partition coefficient (Wildman–Crippen LogP) is 1.68. The summed E-state index contributed by atoms with van der Waals surface area (Å²) in [5, 5.41) is 0. The average Bonchev–Trinajstić information content (AvgIpc) is 3.35. The van der Waals surface area contributed by atoms with Gasteiger partial charge in [0.1, 0.15) is 0 Å². The van der Waals surface area contributed by atoms with Crippen molar-refractivity contribution in [2.24, 2.45) is 5.41 Å². The van der Waals surface area contributed by atoms with Gasteiger partial charge < -0.3 is 19.4 Å². The molecule has 148 valence electrons. The third kappa shape index (κ3) is 3.47. The number of carbonyl (C=O) groups is 1. The number of anilines is 2. The molecule has 8 heteroatoms. The summed E-state index contributed by atoms with van der Waals surface area (Å²) in [5.74, 6) is 0.788. The number of carbonyl (C=O) groups excluding carboxylic acids is 1. The molecule has 1 atom stereocenters. The average molecular weight is 377 g/mol. The Bertz CT molecular complexity index is 697. The molecule has 3 aliphatic heterocycles. The third-order valence-corrected chi connectivity index (χ3v) is 6.14. The van der Waals surface area contributed by atoms with Gasteiger partial charge in [-0.05, 0) is 32.1 Å². The molecule has 4 heterocycles.